The lowest BCUT2D eigenvalue weighted by Crippen LogP contribution is -2.03. The van der Waals surface area contributed by atoms with E-state index in [0.29, 0.717) is 23.2 Å². The van der Waals surface area contributed by atoms with Crippen molar-refractivity contribution in [1.29, 1.82) is 0 Å². The van der Waals surface area contributed by atoms with E-state index in [0.717, 1.165) is 16.1 Å². The van der Waals surface area contributed by atoms with Crippen molar-refractivity contribution in [3.63, 3.8) is 0 Å². The predicted molar refractivity (Wildman–Crippen MR) is 91.3 cm³/mol. The van der Waals surface area contributed by atoms with Gasteiger partial charge in [-0.3, -0.25) is 4.21 Å². The van der Waals surface area contributed by atoms with Gasteiger partial charge in [0, 0.05) is 30.0 Å². The first-order valence-corrected chi connectivity index (χ1v) is 8.64. The first-order chi connectivity index (χ1) is 11.4. The first-order valence-electron chi connectivity index (χ1n) is 7.08. The van der Waals surface area contributed by atoms with Crippen LogP contribution in [0.2, 0.25) is 0 Å². The van der Waals surface area contributed by atoms with Crippen LogP contribution in [0.4, 0.5) is 17.5 Å². The minimum Gasteiger partial charge on any atom is -0.383 e. The zero-order chi connectivity index (χ0) is 17.3. The minimum absolute atomic E-state index is 0.247. The summed E-state index contributed by atoms with van der Waals surface area (Å²) in [6.45, 7) is 3.59. The molecule has 3 aromatic rings. The fourth-order valence-electron chi connectivity index (χ4n) is 2.21. The van der Waals surface area contributed by atoms with Crippen molar-refractivity contribution in [2.75, 3.05) is 17.3 Å². The zero-order valence-electron chi connectivity index (χ0n) is 13.4. The van der Waals surface area contributed by atoms with Crippen LogP contribution in [0.25, 0.3) is 11.4 Å². The van der Waals surface area contributed by atoms with Gasteiger partial charge in [0.05, 0.1) is 16.4 Å². The molecule has 9 heteroatoms. The maximum Gasteiger partial charge on any atom is 0.229 e. The summed E-state index contributed by atoms with van der Waals surface area (Å²) < 4.78 is 16.5. The number of aryl methyl sites for hydroxylation is 2. The Kier molecular flexibility index (Phi) is 4.26. The van der Waals surface area contributed by atoms with Crippen LogP contribution in [0.15, 0.2) is 33.8 Å². The third-order valence-corrected chi connectivity index (χ3v) is 4.40. The standard InChI is InChI=1S/C15H16N6O2S/c1-8-6-10(4-5-12(8)24(3)22)19-15-17-7-11(13(16)20-15)14-18-9(2)23-21-14/h4-7H,1-3H3,(H3,16,17,19,20). The topological polar surface area (TPSA) is 120 Å². The molecule has 2 aromatic heterocycles. The van der Waals surface area contributed by atoms with Crippen LogP contribution in [0.5, 0.6) is 0 Å². The van der Waals surface area contributed by atoms with Gasteiger partial charge in [0.1, 0.15) is 5.82 Å². The molecule has 3 rings (SSSR count). The van der Waals surface area contributed by atoms with E-state index in [-0.39, 0.29) is 5.82 Å². The number of nitrogens with one attached hydrogen (secondary N) is 1. The van der Waals surface area contributed by atoms with Gasteiger partial charge in [-0.15, -0.1) is 0 Å². The second-order valence-electron chi connectivity index (χ2n) is 5.19. The predicted octanol–water partition coefficient (Wildman–Crippen LogP) is 2.21. The summed E-state index contributed by atoms with van der Waals surface area (Å²) in [5, 5.41) is 6.87. The molecule has 0 spiro atoms. The quantitative estimate of drug-likeness (QED) is 0.739. The van der Waals surface area contributed by atoms with Gasteiger partial charge in [-0.1, -0.05) is 5.16 Å². The summed E-state index contributed by atoms with van der Waals surface area (Å²) in [7, 11) is -1.02. The van der Waals surface area contributed by atoms with E-state index < -0.39 is 10.8 Å². The molecular formula is C15H16N6O2S. The van der Waals surface area contributed by atoms with Crippen LogP contribution in [0.1, 0.15) is 11.5 Å². The zero-order valence-corrected chi connectivity index (χ0v) is 14.2. The molecular weight excluding hydrogens is 328 g/mol. The number of benzene rings is 1. The van der Waals surface area contributed by atoms with Gasteiger partial charge in [-0.25, -0.2) is 4.98 Å². The Bertz CT molecular complexity index is 924. The maximum absolute atomic E-state index is 11.6. The minimum atomic E-state index is -1.02. The smallest absolute Gasteiger partial charge is 0.229 e. The van der Waals surface area contributed by atoms with Crippen LogP contribution in [0.3, 0.4) is 0 Å². The first kappa shape index (κ1) is 16.1. The average molecular weight is 344 g/mol. The number of aromatic nitrogens is 4. The fraction of sp³-hybridized carbons (Fsp3) is 0.200. The van der Waals surface area contributed by atoms with Gasteiger partial charge < -0.3 is 15.6 Å². The lowest BCUT2D eigenvalue weighted by Gasteiger charge is -2.09. The molecule has 2 heterocycles. The summed E-state index contributed by atoms with van der Waals surface area (Å²) >= 11 is 0. The van der Waals surface area contributed by atoms with Gasteiger partial charge in [-0.05, 0) is 30.7 Å². The molecule has 0 saturated carbocycles. The van der Waals surface area contributed by atoms with E-state index in [2.05, 4.69) is 25.4 Å². The third-order valence-electron chi connectivity index (χ3n) is 3.33. The number of nitrogens with zero attached hydrogens (tertiary/aromatic N) is 4. The SMILES string of the molecule is Cc1nc(-c2cnc(Nc3ccc(S(C)=O)c(C)c3)nc2N)no1. The van der Waals surface area contributed by atoms with Crippen LogP contribution < -0.4 is 11.1 Å². The lowest BCUT2D eigenvalue weighted by atomic mass is 10.2. The number of anilines is 3. The van der Waals surface area contributed by atoms with Crippen molar-refractivity contribution < 1.29 is 8.73 Å². The van der Waals surface area contributed by atoms with Crippen molar-refractivity contribution in [2.24, 2.45) is 0 Å². The van der Waals surface area contributed by atoms with E-state index in [1.165, 1.54) is 6.20 Å². The van der Waals surface area contributed by atoms with Crippen LogP contribution >= 0.6 is 0 Å². The van der Waals surface area contributed by atoms with E-state index in [9.17, 15) is 4.21 Å². The third kappa shape index (κ3) is 3.25. The molecule has 0 aliphatic heterocycles. The fourth-order valence-corrected chi connectivity index (χ4v) is 2.99. The molecule has 8 nitrogen and oxygen atoms in total. The van der Waals surface area contributed by atoms with Gasteiger partial charge in [0.2, 0.25) is 17.7 Å². The highest BCUT2D eigenvalue weighted by Crippen LogP contribution is 2.24. The maximum atomic E-state index is 11.6. The largest absolute Gasteiger partial charge is 0.383 e. The van der Waals surface area contributed by atoms with Crippen LogP contribution in [0, 0.1) is 13.8 Å². The van der Waals surface area contributed by atoms with E-state index in [4.69, 9.17) is 10.3 Å². The molecule has 0 radical (unpaired) electrons. The molecule has 3 N–H and O–H groups in total. The van der Waals surface area contributed by atoms with Crippen molar-refractivity contribution in [1.82, 2.24) is 20.1 Å². The summed E-state index contributed by atoms with van der Waals surface area (Å²) in [6.07, 6.45) is 3.19. The molecule has 0 fully saturated rings. The summed E-state index contributed by atoms with van der Waals surface area (Å²) in [4.78, 5) is 13.3. The van der Waals surface area contributed by atoms with E-state index in [1.54, 1.807) is 13.2 Å². The highest BCUT2D eigenvalue weighted by molar-refractivity contribution is 7.84. The van der Waals surface area contributed by atoms with Gasteiger partial charge >= 0.3 is 0 Å². The Hall–Kier alpha value is -2.81. The summed E-state index contributed by atoms with van der Waals surface area (Å²) in [6, 6.07) is 5.51. The highest BCUT2D eigenvalue weighted by Gasteiger charge is 2.12. The Morgan fingerprint density at radius 3 is 2.62 bits per heavy atom. The lowest BCUT2D eigenvalue weighted by molar-refractivity contribution is 0.394. The molecule has 1 atom stereocenters. The van der Waals surface area contributed by atoms with Crippen molar-refractivity contribution >= 4 is 28.3 Å². The van der Waals surface area contributed by atoms with Crippen molar-refractivity contribution in [2.45, 2.75) is 18.7 Å². The van der Waals surface area contributed by atoms with Crippen LogP contribution in [-0.2, 0) is 10.8 Å². The molecule has 24 heavy (non-hydrogen) atoms. The summed E-state index contributed by atoms with van der Waals surface area (Å²) in [5.74, 6) is 1.38. The Morgan fingerprint density at radius 1 is 1.25 bits per heavy atom. The highest BCUT2D eigenvalue weighted by atomic mass is 32.2. The monoisotopic (exact) mass is 344 g/mol. The molecule has 1 unspecified atom stereocenters. The molecule has 0 aliphatic carbocycles. The molecule has 0 bridgehead atoms. The second-order valence-corrected chi connectivity index (χ2v) is 6.54. The average Bonchev–Trinajstić information content (AvgIpc) is 2.93. The van der Waals surface area contributed by atoms with Gasteiger partial charge in [0.15, 0.2) is 0 Å². The van der Waals surface area contributed by atoms with Crippen molar-refractivity contribution in [3.05, 3.63) is 35.9 Å². The number of nitrogens with two attached hydrogens (primary N) is 1. The summed E-state index contributed by atoms with van der Waals surface area (Å²) in [5.41, 5.74) is 8.17. The van der Waals surface area contributed by atoms with Crippen molar-refractivity contribution in [3.8, 4) is 11.4 Å². The van der Waals surface area contributed by atoms with E-state index in [1.807, 2.05) is 25.1 Å². The van der Waals surface area contributed by atoms with Crippen LogP contribution in [-0.4, -0.2) is 30.6 Å². The molecule has 0 aliphatic rings. The normalized spacial score (nSPS) is 12.1. The Morgan fingerprint density at radius 2 is 2.04 bits per heavy atom. The molecule has 0 amide bonds. The Balaban J connectivity index is 1.85. The second kappa shape index (κ2) is 6.36. The number of hydrogen-bond acceptors (Lipinski definition) is 8. The van der Waals surface area contributed by atoms with E-state index >= 15 is 0 Å². The number of rotatable bonds is 4. The number of hydrogen-bond donors (Lipinski definition) is 2. The molecule has 0 saturated heterocycles. The van der Waals surface area contributed by atoms with Gasteiger partial charge in [0.25, 0.3) is 0 Å². The Labute approximate surface area is 141 Å². The number of nitrogen functional groups attached to an aromatic ring is 1. The molecule has 124 valence electrons. The van der Waals surface area contributed by atoms with Gasteiger partial charge in [-0.2, -0.15) is 9.97 Å². The molecule has 1 aromatic carbocycles.